The Morgan fingerprint density at radius 1 is 1.18 bits per heavy atom. The number of carbonyl (C=O) groups is 1. The molecule has 0 radical (unpaired) electrons. The molecular formula is C14H25NO2. The quantitative estimate of drug-likeness (QED) is 0.796. The first kappa shape index (κ1) is 12.9. The van der Waals surface area contributed by atoms with Crippen LogP contribution in [-0.4, -0.2) is 17.6 Å². The largest absolute Gasteiger partial charge is 0.481 e. The lowest BCUT2D eigenvalue weighted by molar-refractivity contribution is -0.140. The molecule has 2 aliphatic carbocycles. The van der Waals surface area contributed by atoms with Gasteiger partial charge in [0.15, 0.2) is 0 Å². The van der Waals surface area contributed by atoms with Crippen molar-refractivity contribution in [3.8, 4) is 0 Å². The third-order valence-electron chi connectivity index (χ3n) is 5.02. The lowest BCUT2D eigenvalue weighted by Crippen LogP contribution is -2.40. The Kier molecular flexibility index (Phi) is 4.08. The Bertz CT molecular complexity index is 279. The molecule has 0 heterocycles. The fourth-order valence-corrected chi connectivity index (χ4v) is 4.00. The summed E-state index contributed by atoms with van der Waals surface area (Å²) in [5.74, 6) is 0.919. The van der Waals surface area contributed by atoms with Crippen molar-refractivity contribution in [3.05, 3.63) is 0 Å². The van der Waals surface area contributed by atoms with E-state index in [1.54, 1.807) is 0 Å². The number of carboxylic acid groups (broad SMARTS) is 1. The van der Waals surface area contributed by atoms with Crippen LogP contribution in [0.15, 0.2) is 0 Å². The summed E-state index contributed by atoms with van der Waals surface area (Å²) in [6.45, 7) is 0.544. The van der Waals surface area contributed by atoms with Gasteiger partial charge in [0.1, 0.15) is 0 Å². The van der Waals surface area contributed by atoms with Gasteiger partial charge < -0.3 is 10.8 Å². The Balaban J connectivity index is 2.04. The highest BCUT2D eigenvalue weighted by Crippen LogP contribution is 2.48. The van der Waals surface area contributed by atoms with Crippen molar-refractivity contribution in [1.82, 2.24) is 0 Å². The molecule has 17 heavy (non-hydrogen) atoms. The molecule has 2 rings (SSSR count). The van der Waals surface area contributed by atoms with E-state index in [0.717, 1.165) is 24.7 Å². The molecular weight excluding hydrogens is 214 g/mol. The molecule has 3 nitrogen and oxygen atoms in total. The van der Waals surface area contributed by atoms with Crippen LogP contribution in [0.1, 0.15) is 57.8 Å². The summed E-state index contributed by atoms with van der Waals surface area (Å²) in [5.41, 5.74) is 5.78. The third kappa shape index (κ3) is 3.01. The Labute approximate surface area is 104 Å². The molecule has 0 aliphatic heterocycles. The minimum atomic E-state index is -0.678. The van der Waals surface area contributed by atoms with E-state index in [4.69, 9.17) is 10.8 Å². The molecule has 0 aromatic heterocycles. The zero-order chi connectivity index (χ0) is 12.3. The van der Waals surface area contributed by atoms with E-state index in [0.29, 0.717) is 6.54 Å². The topological polar surface area (TPSA) is 63.3 Å². The average Bonchev–Trinajstić information content (AvgIpc) is 2.52. The predicted octanol–water partition coefficient (Wildman–Crippen LogP) is 2.79. The van der Waals surface area contributed by atoms with Crippen molar-refractivity contribution in [2.45, 2.75) is 57.8 Å². The Morgan fingerprint density at radius 3 is 2.53 bits per heavy atom. The average molecular weight is 239 g/mol. The van der Waals surface area contributed by atoms with Gasteiger partial charge in [0.05, 0.1) is 6.42 Å². The number of hydrogen-bond donors (Lipinski definition) is 2. The highest BCUT2D eigenvalue weighted by atomic mass is 16.4. The van der Waals surface area contributed by atoms with Gasteiger partial charge in [-0.15, -0.1) is 0 Å². The molecule has 0 aromatic rings. The minimum absolute atomic E-state index is 0.0999. The smallest absolute Gasteiger partial charge is 0.303 e. The first-order valence-corrected chi connectivity index (χ1v) is 7.07. The summed E-state index contributed by atoms with van der Waals surface area (Å²) in [6.07, 6.45) is 10.3. The van der Waals surface area contributed by atoms with Crippen LogP contribution < -0.4 is 5.73 Å². The summed E-state index contributed by atoms with van der Waals surface area (Å²) < 4.78 is 0. The fraction of sp³-hybridized carbons (Fsp3) is 0.929. The molecule has 0 saturated heterocycles. The second-order valence-electron chi connectivity index (χ2n) is 6.18. The number of carboxylic acids is 1. The highest BCUT2D eigenvalue weighted by molar-refractivity contribution is 5.67. The van der Waals surface area contributed by atoms with Crippen molar-refractivity contribution in [1.29, 1.82) is 0 Å². The van der Waals surface area contributed by atoms with Gasteiger partial charge in [0, 0.05) is 0 Å². The van der Waals surface area contributed by atoms with Crippen LogP contribution in [-0.2, 0) is 4.79 Å². The van der Waals surface area contributed by atoms with Crippen molar-refractivity contribution < 1.29 is 9.90 Å². The van der Waals surface area contributed by atoms with Crippen molar-refractivity contribution in [2.75, 3.05) is 6.54 Å². The lowest BCUT2D eigenvalue weighted by Gasteiger charge is -2.43. The monoisotopic (exact) mass is 239 g/mol. The highest BCUT2D eigenvalue weighted by Gasteiger charge is 2.41. The summed E-state index contributed by atoms with van der Waals surface area (Å²) in [7, 11) is 0. The molecule has 0 aromatic carbocycles. The van der Waals surface area contributed by atoms with Gasteiger partial charge in [0.25, 0.3) is 0 Å². The number of fused-ring (bicyclic) bond motifs is 1. The second-order valence-corrected chi connectivity index (χ2v) is 6.18. The SMILES string of the molecule is NC[C@@]1(CC(=O)O)CC[C@H]2CCCCC[C@H]2C1. The Hall–Kier alpha value is -0.570. The number of rotatable bonds is 3. The molecule has 3 N–H and O–H groups in total. The van der Waals surface area contributed by atoms with Crippen LogP contribution in [0.4, 0.5) is 0 Å². The van der Waals surface area contributed by atoms with Crippen LogP contribution in [0.5, 0.6) is 0 Å². The molecule has 3 atom stereocenters. The zero-order valence-corrected chi connectivity index (χ0v) is 10.7. The molecule has 98 valence electrons. The maximum Gasteiger partial charge on any atom is 0.303 e. The summed E-state index contributed by atoms with van der Waals surface area (Å²) >= 11 is 0. The van der Waals surface area contributed by atoms with E-state index in [1.165, 1.54) is 38.5 Å². The summed E-state index contributed by atoms with van der Waals surface area (Å²) in [4.78, 5) is 11.0. The first-order chi connectivity index (χ1) is 8.15. The third-order valence-corrected chi connectivity index (χ3v) is 5.02. The maximum absolute atomic E-state index is 11.0. The molecule has 0 bridgehead atoms. The maximum atomic E-state index is 11.0. The molecule has 2 saturated carbocycles. The molecule has 2 fully saturated rings. The van der Waals surface area contributed by atoms with Gasteiger partial charge in [-0.2, -0.15) is 0 Å². The van der Waals surface area contributed by atoms with Gasteiger partial charge in [-0.3, -0.25) is 4.79 Å². The van der Waals surface area contributed by atoms with Gasteiger partial charge >= 0.3 is 5.97 Å². The summed E-state index contributed by atoms with van der Waals surface area (Å²) in [6, 6.07) is 0. The number of hydrogen-bond acceptors (Lipinski definition) is 2. The standard InChI is InChI=1S/C14H25NO2/c15-10-14(9-13(16)17)7-6-11-4-2-1-3-5-12(11)8-14/h11-12H,1-10,15H2,(H,16,17)/t11-,12+,14+/m1/s1. The van der Waals surface area contributed by atoms with Crippen LogP contribution >= 0.6 is 0 Å². The van der Waals surface area contributed by atoms with E-state index >= 15 is 0 Å². The van der Waals surface area contributed by atoms with Crippen molar-refractivity contribution >= 4 is 5.97 Å². The molecule has 3 heteroatoms. The molecule has 0 unspecified atom stereocenters. The number of aliphatic carboxylic acids is 1. The van der Waals surface area contributed by atoms with Gasteiger partial charge in [-0.1, -0.05) is 32.1 Å². The normalized spacial score (nSPS) is 38.2. The lowest BCUT2D eigenvalue weighted by atomic mass is 9.62. The van der Waals surface area contributed by atoms with Crippen LogP contribution in [0.3, 0.4) is 0 Å². The van der Waals surface area contributed by atoms with Crippen LogP contribution in [0, 0.1) is 17.3 Å². The predicted molar refractivity (Wildman–Crippen MR) is 67.7 cm³/mol. The zero-order valence-electron chi connectivity index (χ0n) is 10.7. The van der Waals surface area contributed by atoms with E-state index in [2.05, 4.69) is 0 Å². The van der Waals surface area contributed by atoms with Crippen LogP contribution in [0.25, 0.3) is 0 Å². The number of nitrogens with two attached hydrogens (primary N) is 1. The molecule has 2 aliphatic rings. The Morgan fingerprint density at radius 2 is 1.88 bits per heavy atom. The van der Waals surface area contributed by atoms with E-state index in [9.17, 15) is 4.79 Å². The van der Waals surface area contributed by atoms with Gasteiger partial charge in [-0.25, -0.2) is 0 Å². The summed E-state index contributed by atoms with van der Waals surface area (Å²) in [5, 5.41) is 9.06. The van der Waals surface area contributed by atoms with Crippen LogP contribution in [0.2, 0.25) is 0 Å². The first-order valence-electron chi connectivity index (χ1n) is 7.07. The minimum Gasteiger partial charge on any atom is -0.481 e. The van der Waals surface area contributed by atoms with E-state index in [1.807, 2.05) is 0 Å². The van der Waals surface area contributed by atoms with Crippen molar-refractivity contribution in [3.63, 3.8) is 0 Å². The van der Waals surface area contributed by atoms with E-state index in [-0.39, 0.29) is 11.8 Å². The van der Waals surface area contributed by atoms with Crippen molar-refractivity contribution in [2.24, 2.45) is 23.0 Å². The van der Waals surface area contributed by atoms with Gasteiger partial charge in [0.2, 0.25) is 0 Å². The molecule has 0 spiro atoms. The van der Waals surface area contributed by atoms with E-state index < -0.39 is 5.97 Å². The fourth-order valence-electron chi connectivity index (χ4n) is 4.00. The molecule has 0 amide bonds. The second kappa shape index (κ2) is 5.38. The van der Waals surface area contributed by atoms with Gasteiger partial charge in [-0.05, 0) is 43.1 Å².